The minimum atomic E-state index is -0.186. The third-order valence-electron chi connectivity index (χ3n) is 4.69. The second kappa shape index (κ2) is 5.66. The van der Waals surface area contributed by atoms with Gasteiger partial charge in [0.15, 0.2) is 0 Å². The number of Topliss-reactive ketones (excluding diaryl/α,β-unsaturated/α-hetero) is 1. The van der Waals surface area contributed by atoms with Gasteiger partial charge >= 0.3 is 0 Å². The van der Waals surface area contributed by atoms with E-state index in [4.69, 9.17) is 9.47 Å². The van der Waals surface area contributed by atoms with E-state index in [1.807, 2.05) is 37.3 Å². The summed E-state index contributed by atoms with van der Waals surface area (Å²) in [5.41, 5.74) is 0.926. The Hall–Kier alpha value is -1.19. The average Bonchev–Trinajstić information content (AvgIpc) is 2.94. The monoisotopic (exact) mass is 274 g/mol. The number of benzene rings is 1. The zero-order chi connectivity index (χ0) is 14.0. The summed E-state index contributed by atoms with van der Waals surface area (Å²) >= 11 is 0. The van der Waals surface area contributed by atoms with Gasteiger partial charge in [-0.3, -0.25) is 4.79 Å². The van der Waals surface area contributed by atoms with Crippen molar-refractivity contribution in [3.63, 3.8) is 0 Å². The molecule has 0 bridgehead atoms. The molecule has 3 unspecified atom stereocenters. The fourth-order valence-corrected chi connectivity index (χ4v) is 3.39. The topological polar surface area (TPSA) is 35.5 Å². The Morgan fingerprint density at radius 2 is 2.10 bits per heavy atom. The molecule has 2 heterocycles. The molecule has 108 valence electrons. The van der Waals surface area contributed by atoms with Crippen molar-refractivity contribution in [2.75, 3.05) is 19.8 Å². The maximum atomic E-state index is 12.7. The van der Waals surface area contributed by atoms with E-state index in [1.165, 1.54) is 0 Å². The normalized spacial score (nSPS) is 31.4. The number of carbonyl (C=O) groups is 1. The van der Waals surface area contributed by atoms with Crippen LogP contribution in [0.3, 0.4) is 0 Å². The van der Waals surface area contributed by atoms with Crippen molar-refractivity contribution >= 4 is 5.78 Å². The summed E-state index contributed by atoms with van der Waals surface area (Å²) in [4.78, 5) is 12.7. The average molecular weight is 274 g/mol. The van der Waals surface area contributed by atoms with Crippen LogP contribution in [0.15, 0.2) is 30.3 Å². The molecule has 3 heteroatoms. The van der Waals surface area contributed by atoms with Crippen LogP contribution in [0.25, 0.3) is 0 Å². The molecule has 0 aromatic heterocycles. The van der Waals surface area contributed by atoms with Gasteiger partial charge in [0, 0.05) is 31.5 Å². The molecule has 3 rings (SSSR count). The van der Waals surface area contributed by atoms with Crippen molar-refractivity contribution in [1.82, 2.24) is 0 Å². The van der Waals surface area contributed by atoms with Gasteiger partial charge in [-0.2, -0.15) is 0 Å². The Kier molecular flexibility index (Phi) is 3.90. The summed E-state index contributed by atoms with van der Waals surface area (Å²) in [6, 6.07) is 10.1. The largest absolute Gasteiger partial charge is 0.378 e. The predicted octanol–water partition coefficient (Wildman–Crippen LogP) is 2.94. The van der Waals surface area contributed by atoms with Crippen LogP contribution in [-0.2, 0) is 14.3 Å². The first-order valence-corrected chi connectivity index (χ1v) is 7.51. The molecule has 2 saturated heterocycles. The maximum Gasteiger partial charge on any atom is 0.143 e. The van der Waals surface area contributed by atoms with Crippen LogP contribution in [-0.4, -0.2) is 31.2 Å². The van der Waals surface area contributed by atoms with Crippen LogP contribution in [0.4, 0.5) is 0 Å². The van der Waals surface area contributed by atoms with Gasteiger partial charge in [0.1, 0.15) is 5.78 Å². The number of ketones is 1. The van der Waals surface area contributed by atoms with Crippen LogP contribution in [0, 0.1) is 5.92 Å². The van der Waals surface area contributed by atoms with Crippen molar-refractivity contribution in [3.8, 4) is 0 Å². The summed E-state index contributed by atoms with van der Waals surface area (Å²) in [5, 5.41) is 0. The summed E-state index contributed by atoms with van der Waals surface area (Å²) in [5.74, 6) is 0.435. The highest BCUT2D eigenvalue weighted by Gasteiger charge is 2.43. The lowest BCUT2D eigenvalue weighted by Gasteiger charge is -2.37. The van der Waals surface area contributed by atoms with Crippen molar-refractivity contribution in [2.24, 2.45) is 5.92 Å². The van der Waals surface area contributed by atoms with Crippen molar-refractivity contribution in [1.29, 1.82) is 0 Å². The molecule has 1 spiro atoms. The van der Waals surface area contributed by atoms with Crippen molar-refractivity contribution < 1.29 is 14.3 Å². The molecule has 0 radical (unpaired) electrons. The SMILES string of the molecule is CC(C(=O)C1CCOC2(CCOC2)C1)c1ccccc1. The van der Waals surface area contributed by atoms with Crippen LogP contribution in [0.1, 0.15) is 37.7 Å². The van der Waals surface area contributed by atoms with Crippen molar-refractivity contribution in [2.45, 2.75) is 37.7 Å². The molecular weight excluding hydrogens is 252 g/mol. The van der Waals surface area contributed by atoms with Crippen molar-refractivity contribution in [3.05, 3.63) is 35.9 Å². The van der Waals surface area contributed by atoms with E-state index >= 15 is 0 Å². The molecule has 0 amide bonds. The standard InChI is InChI=1S/C17H22O3/c1-13(14-5-3-2-4-6-14)16(18)15-7-9-20-17(11-15)8-10-19-12-17/h2-6,13,15H,7-12H2,1H3. The maximum absolute atomic E-state index is 12.7. The third-order valence-corrected chi connectivity index (χ3v) is 4.69. The number of carbonyl (C=O) groups excluding carboxylic acids is 1. The lowest BCUT2D eigenvalue weighted by molar-refractivity contribution is -0.138. The van der Waals surface area contributed by atoms with E-state index in [0.717, 1.165) is 31.4 Å². The van der Waals surface area contributed by atoms with E-state index in [2.05, 4.69) is 0 Å². The number of hydrogen-bond donors (Lipinski definition) is 0. The zero-order valence-corrected chi connectivity index (χ0v) is 12.0. The van der Waals surface area contributed by atoms with E-state index < -0.39 is 0 Å². The summed E-state index contributed by atoms with van der Waals surface area (Å²) in [6.07, 6.45) is 2.59. The Labute approximate surface area is 120 Å². The Bertz CT molecular complexity index is 462. The first-order valence-electron chi connectivity index (χ1n) is 7.51. The van der Waals surface area contributed by atoms with Gasteiger partial charge in [-0.15, -0.1) is 0 Å². The third kappa shape index (κ3) is 2.65. The first kappa shape index (κ1) is 13.8. The molecule has 20 heavy (non-hydrogen) atoms. The second-order valence-electron chi connectivity index (χ2n) is 6.06. The molecule has 1 aromatic rings. The fraction of sp³-hybridized carbons (Fsp3) is 0.588. The predicted molar refractivity (Wildman–Crippen MR) is 76.7 cm³/mol. The quantitative estimate of drug-likeness (QED) is 0.850. The zero-order valence-electron chi connectivity index (χ0n) is 12.0. The van der Waals surface area contributed by atoms with Crippen LogP contribution >= 0.6 is 0 Å². The van der Waals surface area contributed by atoms with Crippen LogP contribution in [0.2, 0.25) is 0 Å². The molecule has 0 saturated carbocycles. The highest BCUT2D eigenvalue weighted by Crippen LogP contribution is 2.38. The molecule has 0 aliphatic carbocycles. The molecule has 0 N–H and O–H groups in total. The minimum Gasteiger partial charge on any atom is -0.378 e. The molecule has 3 nitrogen and oxygen atoms in total. The molecule has 2 fully saturated rings. The smallest absolute Gasteiger partial charge is 0.143 e. The van der Waals surface area contributed by atoms with Crippen LogP contribution < -0.4 is 0 Å². The lowest BCUT2D eigenvalue weighted by atomic mass is 9.78. The first-order chi connectivity index (χ1) is 9.70. The van der Waals surface area contributed by atoms with E-state index in [-0.39, 0.29) is 17.4 Å². The highest BCUT2D eigenvalue weighted by atomic mass is 16.6. The van der Waals surface area contributed by atoms with Gasteiger partial charge in [0.2, 0.25) is 0 Å². The second-order valence-corrected chi connectivity index (χ2v) is 6.06. The van der Waals surface area contributed by atoms with Gasteiger partial charge in [0.25, 0.3) is 0 Å². The summed E-state index contributed by atoms with van der Waals surface area (Å²) < 4.78 is 11.4. The molecule has 3 atom stereocenters. The molecular formula is C17H22O3. The van der Waals surface area contributed by atoms with Gasteiger partial charge in [-0.25, -0.2) is 0 Å². The lowest BCUT2D eigenvalue weighted by Crippen LogP contribution is -2.43. The Balaban J connectivity index is 1.70. The van der Waals surface area contributed by atoms with Crippen LogP contribution in [0.5, 0.6) is 0 Å². The van der Waals surface area contributed by atoms with Gasteiger partial charge in [0.05, 0.1) is 12.2 Å². The van der Waals surface area contributed by atoms with Gasteiger partial charge in [-0.05, 0) is 18.4 Å². The minimum absolute atomic E-state index is 0.0290. The van der Waals surface area contributed by atoms with E-state index in [9.17, 15) is 4.79 Å². The Morgan fingerprint density at radius 1 is 1.30 bits per heavy atom. The molecule has 1 aromatic carbocycles. The molecule has 2 aliphatic heterocycles. The molecule has 2 aliphatic rings. The number of rotatable bonds is 3. The highest BCUT2D eigenvalue weighted by molar-refractivity contribution is 5.87. The summed E-state index contributed by atoms with van der Waals surface area (Å²) in [6.45, 7) is 4.11. The number of ether oxygens (including phenoxy) is 2. The van der Waals surface area contributed by atoms with Gasteiger partial charge in [-0.1, -0.05) is 37.3 Å². The van der Waals surface area contributed by atoms with E-state index in [0.29, 0.717) is 19.0 Å². The summed E-state index contributed by atoms with van der Waals surface area (Å²) in [7, 11) is 0. The fourth-order valence-electron chi connectivity index (χ4n) is 3.39. The van der Waals surface area contributed by atoms with Gasteiger partial charge < -0.3 is 9.47 Å². The van der Waals surface area contributed by atoms with E-state index in [1.54, 1.807) is 0 Å². The number of hydrogen-bond acceptors (Lipinski definition) is 3. The Morgan fingerprint density at radius 3 is 2.80 bits per heavy atom.